The summed E-state index contributed by atoms with van der Waals surface area (Å²) < 4.78 is 11.0. The molecular formula is C11H16N2O7. The van der Waals surface area contributed by atoms with Crippen molar-refractivity contribution in [2.75, 3.05) is 7.11 Å². The Morgan fingerprint density at radius 2 is 2.05 bits per heavy atom. The molecule has 9 heteroatoms. The summed E-state index contributed by atoms with van der Waals surface area (Å²) in [6, 6.07) is 0. The average Bonchev–Trinajstić information content (AvgIpc) is 2.67. The summed E-state index contributed by atoms with van der Waals surface area (Å²) in [6.45, 7) is 1.39. The fourth-order valence-electron chi connectivity index (χ4n) is 2.12. The van der Waals surface area contributed by atoms with E-state index >= 15 is 0 Å². The zero-order valence-electron chi connectivity index (χ0n) is 10.9. The van der Waals surface area contributed by atoms with Crippen molar-refractivity contribution in [3.8, 4) is 5.75 Å². The standard InChI is InChI=1S/C11H16N2O7/c1-4(14)8-6(15)7(16)10(20-8)13-3-5(19-2)9(17)12-11(13)18/h3-4,6-8,10,14-16H,1-2H3,(H,12,17,18)/t4?,6?,7-,8+,10+/m0/s1. The number of nitrogens with one attached hydrogen (secondary N) is 1. The summed E-state index contributed by atoms with van der Waals surface area (Å²) in [6.07, 6.45) is -5.02. The molecule has 9 nitrogen and oxygen atoms in total. The van der Waals surface area contributed by atoms with Gasteiger partial charge in [-0.1, -0.05) is 0 Å². The second kappa shape index (κ2) is 5.37. The van der Waals surface area contributed by atoms with Crippen molar-refractivity contribution < 1.29 is 24.8 Å². The van der Waals surface area contributed by atoms with Crippen molar-refractivity contribution in [3.63, 3.8) is 0 Å². The third-order valence-corrected chi connectivity index (χ3v) is 3.18. The Labute approximate surface area is 113 Å². The zero-order valence-corrected chi connectivity index (χ0v) is 10.9. The maximum Gasteiger partial charge on any atom is 0.330 e. The molecule has 5 atom stereocenters. The predicted molar refractivity (Wildman–Crippen MR) is 65.5 cm³/mol. The van der Waals surface area contributed by atoms with Crippen LogP contribution in [0.3, 0.4) is 0 Å². The number of H-pyrrole nitrogens is 1. The van der Waals surface area contributed by atoms with E-state index in [-0.39, 0.29) is 5.75 Å². The fraction of sp³-hybridized carbons (Fsp3) is 0.636. The molecule has 2 heterocycles. The molecule has 0 bridgehead atoms. The van der Waals surface area contributed by atoms with E-state index < -0.39 is 41.9 Å². The number of rotatable bonds is 3. The number of aromatic nitrogens is 2. The molecule has 1 aliphatic heterocycles. The van der Waals surface area contributed by atoms with E-state index in [1.54, 1.807) is 0 Å². The highest BCUT2D eigenvalue weighted by atomic mass is 16.6. The van der Waals surface area contributed by atoms with Crippen LogP contribution in [-0.4, -0.2) is 56.4 Å². The monoisotopic (exact) mass is 288 g/mol. The Hall–Kier alpha value is -1.68. The van der Waals surface area contributed by atoms with Crippen LogP contribution in [-0.2, 0) is 4.74 Å². The first-order chi connectivity index (χ1) is 9.36. The van der Waals surface area contributed by atoms with Crippen LogP contribution in [0.2, 0.25) is 0 Å². The normalized spacial score (nSPS) is 31.2. The topological polar surface area (TPSA) is 134 Å². The molecule has 1 aromatic rings. The molecule has 112 valence electrons. The van der Waals surface area contributed by atoms with Gasteiger partial charge in [0.25, 0.3) is 5.56 Å². The van der Waals surface area contributed by atoms with Crippen LogP contribution in [0.5, 0.6) is 5.75 Å². The predicted octanol–water partition coefficient (Wildman–Crippen LogP) is -2.45. The van der Waals surface area contributed by atoms with Crippen LogP contribution in [0.1, 0.15) is 13.2 Å². The van der Waals surface area contributed by atoms with Crippen LogP contribution in [0.15, 0.2) is 15.8 Å². The number of aromatic amines is 1. The number of aliphatic hydroxyl groups excluding tert-OH is 3. The number of nitrogens with zero attached hydrogens (tertiary/aromatic N) is 1. The molecule has 4 N–H and O–H groups in total. The molecule has 0 radical (unpaired) electrons. The molecule has 1 fully saturated rings. The van der Waals surface area contributed by atoms with Gasteiger partial charge in [0.15, 0.2) is 6.23 Å². The molecule has 0 spiro atoms. The number of hydrogen-bond donors (Lipinski definition) is 4. The molecule has 0 amide bonds. The van der Waals surface area contributed by atoms with Gasteiger partial charge in [0.2, 0.25) is 5.75 Å². The largest absolute Gasteiger partial charge is 0.490 e. The zero-order chi connectivity index (χ0) is 15.0. The molecule has 20 heavy (non-hydrogen) atoms. The fourth-order valence-corrected chi connectivity index (χ4v) is 2.12. The lowest BCUT2D eigenvalue weighted by molar-refractivity contribution is -0.0805. The highest BCUT2D eigenvalue weighted by Crippen LogP contribution is 2.30. The van der Waals surface area contributed by atoms with E-state index in [9.17, 15) is 24.9 Å². The molecule has 0 aliphatic carbocycles. The second-order valence-corrected chi connectivity index (χ2v) is 4.58. The van der Waals surface area contributed by atoms with Gasteiger partial charge < -0.3 is 24.8 Å². The van der Waals surface area contributed by atoms with Crippen LogP contribution >= 0.6 is 0 Å². The molecule has 0 aromatic carbocycles. The average molecular weight is 288 g/mol. The van der Waals surface area contributed by atoms with Gasteiger partial charge in [-0.25, -0.2) is 4.79 Å². The smallest absolute Gasteiger partial charge is 0.330 e. The highest BCUT2D eigenvalue weighted by molar-refractivity contribution is 5.12. The van der Waals surface area contributed by atoms with Gasteiger partial charge in [0.05, 0.1) is 19.4 Å². The van der Waals surface area contributed by atoms with E-state index in [4.69, 9.17) is 9.47 Å². The molecule has 1 aliphatic rings. The molecule has 1 aromatic heterocycles. The third kappa shape index (κ3) is 2.36. The van der Waals surface area contributed by atoms with Crippen molar-refractivity contribution >= 4 is 0 Å². The summed E-state index contributed by atoms with van der Waals surface area (Å²) >= 11 is 0. The highest BCUT2D eigenvalue weighted by Gasteiger charge is 2.46. The summed E-state index contributed by atoms with van der Waals surface area (Å²) in [4.78, 5) is 25.1. The number of methoxy groups -OCH3 is 1. The molecule has 2 rings (SSSR count). The molecular weight excluding hydrogens is 272 g/mol. The maximum absolute atomic E-state index is 11.7. The SMILES string of the molecule is COc1cn([C@@H]2O[C@H](C(C)O)C(O)[C@@H]2O)c(=O)[nH]c1=O. The van der Waals surface area contributed by atoms with E-state index in [1.807, 2.05) is 4.98 Å². The summed E-state index contributed by atoms with van der Waals surface area (Å²) in [5.41, 5.74) is -1.54. The van der Waals surface area contributed by atoms with Gasteiger partial charge in [-0.15, -0.1) is 0 Å². The van der Waals surface area contributed by atoms with Gasteiger partial charge in [-0.2, -0.15) is 0 Å². The van der Waals surface area contributed by atoms with Crippen molar-refractivity contribution in [2.24, 2.45) is 0 Å². The van der Waals surface area contributed by atoms with Crippen LogP contribution in [0, 0.1) is 0 Å². The van der Waals surface area contributed by atoms with E-state index in [0.29, 0.717) is 0 Å². The number of hydrogen-bond acceptors (Lipinski definition) is 7. The lowest BCUT2D eigenvalue weighted by Crippen LogP contribution is -2.39. The Bertz CT molecular complexity index is 593. The van der Waals surface area contributed by atoms with Crippen molar-refractivity contribution in [1.82, 2.24) is 9.55 Å². The van der Waals surface area contributed by atoms with Crippen molar-refractivity contribution in [3.05, 3.63) is 27.0 Å². The first-order valence-corrected chi connectivity index (χ1v) is 5.96. The minimum Gasteiger partial charge on any atom is -0.490 e. The quantitative estimate of drug-likeness (QED) is 0.485. The molecule has 2 unspecified atom stereocenters. The molecule has 0 saturated carbocycles. The second-order valence-electron chi connectivity index (χ2n) is 4.58. The van der Waals surface area contributed by atoms with E-state index in [0.717, 1.165) is 10.8 Å². The lowest BCUT2D eigenvalue weighted by Gasteiger charge is -2.18. The Morgan fingerprint density at radius 3 is 2.55 bits per heavy atom. The number of aliphatic hydroxyl groups is 3. The van der Waals surface area contributed by atoms with Gasteiger partial charge in [0, 0.05) is 0 Å². The third-order valence-electron chi connectivity index (χ3n) is 3.18. The minimum atomic E-state index is -1.43. The Balaban J connectivity index is 2.42. The summed E-state index contributed by atoms with van der Waals surface area (Å²) in [5, 5.41) is 29.1. The summed E-state index contributed by atoms with van der Waals surface area (Å²) in [7, 11) is 1.25. The van der Waals surface area contributed by atoms with Gasteiger partial charge in [-0.3, -0.25) is 14.3 Å². The van der Waals surface area contributed by atoms with Crippen molar-refractivity contribution in [1.29, 1.82) is 0 Å². The maximum atomic E-state index is 11.7. The van der Waals surface area contributed by atoms with E-state index in [2.05, 4.69) is 0 Å². The molecule has 1 saturated heterocycles. The van der Waals surface area contributed by atoms with Crippen LogP contribution < -0.4 is 16.0 Å². The van der Waals surface area contributed by atoms with Crippen LogP contribution in [0.25, 0.3) is 0 Å². The number of ether oxygens (including phenoxy) is 2. The lowest BCUT2D eigenvalue weighted by atomic mass is 10.1. The Kier molecular flexibility index (Phi) is 3.95. The summed E-state index contributed by atoms with van der Waals surface area (Å²) in [5.74, 6) is -0.143. The Morgan fingerprint density at radius 1 is 1.40 bits per heavy atom. The van der Waals surface area contributed by atoms with Gasteiger partial charge in [0.1, 0.15) is 18.3 Å². The van der Waals surface area contributed by atoms with Gasteiger partial charge in [-0.05, 0) is 6.92 Å². The van der Waals surface area contributed by atoms with E-state index in [1.165, 1.54) is 14.0 Å². The minimum absolute atomic E-state index is 0.143. The first-order valence-electron chi connectivity index (χ1n) is 5.96. The first kappa shape index (κ1) is 14.7. The van der Waals surface area contributed by atoms with Crippen molar-refractivity contribution in [2.45, 2.75) is 37.6 Å². The van der Waals surface area contributed by atoms with Gasteiger partial charge >= 0.3 is 5.69 Å². The van der Waals surface area contributed by atoms with Crippen LogP contribution in [0.4, 0.5) is 0 Å².